The monoisotopic (exact) mass is 227 g/mol. The van der Waals surface area contributed by atoms with Gasteiger partial charge in [-0.3, -0.25) is 0 Å². The minimum absolute atomic E-state index is 0.266. The van der Waals surface area contributed by atoms with E-state index in [1.807, 2.05) is 0 Å². The molecule has 4 nitrogen and oxygen atoms in total. The Hall–Kier alpha value is -0.810. The average Bonchev–Trinajstić information content (AvgIpc) is 2.99. The molecule has 84 valence electrons. The maximum Gasteiger partial charge on any atom is 0.142 e. The molecule has 0 saturated heterocycles. The first-order chi connectivity index (χ1) is 7.33. The highest BCUT2D eigenvalue weighted by molar-refractivity contribution is 7.10. The molecular formula is C10H17N3OS. The molecular weight excluding hydrogens is 210 g/mol. The summed E-state index contributed by atoms with van der Waals surface area (Å²) in [6.45, 7) is 1.16. The molecule has 1 aromatic heterocycles. The highest BCUT2D eigenvalue weighted by atomic mass is 32.1. The van der Waals surface area contributed by atoms with Gasteiger partial charge in [0.15, 0.2) is 0 Å². The summed E-state index contributed by atoms with van der Waals surface area (Å²) in [7, 11) is 0. The van der Waals surface area contributed by atoms with Gasteiger partial charge in [0.2, 0.25) is 0 Å². The van der Waals surface area contributed by atoms with Gasteiger partial charge < -0.3 is 16.2 Å². The van der Waals surface area contributed by atoms with Crippen LogP contribution in [0.25, 0.3) is 0 Å². The summed E-state index contributed by atoms with van der Waals surface area (Å²) in [5.74, 6) is 1.34. The molecule has 0 aromatic carbocycles. The second-order valence-corrected chi connectivity index (χ2v) is 4.72. The van der Waals surface area contributed by atoms with E-state index in [1.54, 1.807) is 0 Å². The number of hydrogen-bond donors (Lipinski definition) is 3. The van der Waals surface area contributed by atoms with Crippen LogP contribution in [0.4, 0.5) is 10.8 Å². The highest BCUT2D eigenvalue weighted by Crippen LogP contribution is 2.47. The fraction of sp³-hybridized carbons (Fsp3) is 0.700. The van der Waals surface area contributed by atoms with Crippen LogP contribution in [0.3, 0.4) is 0 Å². The number of hydrogen-bond acceptors (Lipinski definition) is 5. The van der Waals surface area contributed by atoms with Gasteiger partial charge in [0.1, 0.15) is 10.8 Å². The number of aromatic nitrogens is 1. The SMILES string of the molecule is Nc1nsc(NCCCCO)c1C1CC1. The lowest BCUT2D eigenvalue weighted by Gasteiger charge is -2.05. The minimum Gasteiger partial charge on any atom is -0.396 e. The summed E-state index contributed by atoms with van der Waals surface area (Å²) < 4.78 is 4.18. The zero-order valence-corrected chi connectivity index (χ0v) is 9.52. The number of nitrogens with two attached hydrogens (primary N) is 1. The molecule has 0 unspecified atom stereocenters. The second-order valence-electron chi connectivity index (χ2n) is 3.94. The van der Waals surface area contributed by atoms with Crippen molar-refractivity contribution in [2.75, 3.05) is 24.2 Å². The Kier molecular flexibility index (Phi) is 3.43. The van der Waals surface area contributed by atoms with Crippen LogP contribution in [0.5, 0.6) is 0 Å². The van der Waals surface area contributed by atoms with Crippen LogP contribution >= 0.6 is 11.5 Å². The third-order valence-corrected chi connectivity index (χ3v) is 3.45. The Morgan fingerprint density at radius 2 is 2.27 bits per heavy atom. The number of aliphatic hydroxyl groups excluding tert-OH is 1. The Morgan fingerprint density at radius 3 is 2.93 bits per heavy atom. The molecule has 0 radical (unpaired) electrons. The van der Waals surface area contributed by atoms with Gasteiger partial charge in [0, 0.05) is 18.7 Å². The van der Waals surface area contributed by atoms with Crippen molar-refractivity contribution in [3.05, 3.63) is 5.56 Å². The molecule has 4 N–H and O–H groups in total. The van der Waals surface area contributed by atoms with Crippen molar-refractivity contribution < 1.29 is 5.11 Å². The molecule has 1 saturated carbocycles. The topological polar surface area (TPSA) is 71.2 Å². The summed E-state index contributed by atoms with van der Waals surface area (Å²) in [5.41, 5.74) is 7.06. The highest BCUT2D eigenvalue weighted by Gasteiger charge is 2.30. The molecule has 15 heavy (non-hydrogen) atoms. The van der Waals surface area contributed by atoms with Gasteiger partial charge in [-0.2, -0.15) is 4.37 Å². The van der Waals surface area contributed by atoms with Gasteiger partial charge in [0.25, 0.3) is 0 Å². The van der Waals surface area contributed by atoms with Gasteiger partial charge in [0.05, 0.1) is 0 Å². The Bertz CT molecular complexity index is 322. The molecule has 1 aromatic rings. The smallest absolute Gasteiger partial charge is 0.142 e. The largest absolute Gasteiger partial charge is 0.396 e. The van der Waals surface area contributed by atoms with Crippen molar-refractivity contribution in [2.24, 2.45) is 0 Å². The maximum atomic E-state index is 8.66. The van der Waals surface area contributed by atoms with E-state index in [4.69, 9.17) is 10.8 Å². The first kappa shape index (κ1) is 10.7. The lowest BCUT2D eigenvalue weighted by Crippen LogP contribution is -2.03. The molecule has 1 heterocycles. The van der Waals surface area contributed by atoms with Crippen molar-refractivity contribution in [1.29, 1.82) is 0 Å². The van der Waals surface area contributed by atoms with Crippen LogP contribution in [-0.2, 0) is 0 Å². The number of anilines is 2. The zero-order valence-electron chi connectivity index (χ0n) is 8.70. The van der Waals surface area contributed by atoms with Crippen molar-refractivity contribution in [2.45, 2.75) is 31.6 Å². The van der Waals surface area contributed by atoms with Crippen LogP contribution in [-0.4, -0.2) is 22.6 Å². The first-order valence-electron chi connectivity index (χ1n) is 5.42. The Morgan fingerprint density at radius 1 is 1.47 bits per heavy atom. The van der Waals surface area contributed by atoms with E-state index >= 15 is 0 Å². The van der Waals surface area contributed by atoms with Crippen molar-refractivity contribution >= 4 is 22.4 Å². The van der Waals surface area contributed by atoms with Gasteiger partial charge >= 0.3 is 0 Å². The van der Waals surface area contributed by atoms with Crippen molar-refractivity contribution in [3.63, 3.8) is 0 Å². The number of nitrogen functional groups attached to an aromatic ring is 1. The number of rotatable bonds is 6. The number of unbranched alkanes of at least 4 members (excludes halogenated alkanes) is 1. The van der Waals surface area contributed by atoms with E-state index in [9.17, 15) is 0 Å². The number of nitrogens with zero attached hydrogens (tertiary/aromatic N) is 1. The predicted octanol–water partition coefficient (Wildman–Crippen LogP) is 1.79. The third kappa shape index (κ3) is 2.60. The maximum absolute atomic E-state index is 8.66. The lowest BCUT2D eigenvalue weighted by molar-refractivity contribution is 0.286. The molecule has 0 bridgehead atoms. The lowest BCUT2D eigenvalue weighted by atomic mass is 10.2. The number of aliphatic hydroxyl groups is 1. The average molecular weight is 227 g/mol. The van der Waals surface area contributed by atoms with Crippen LogP contribution in [0, 0.1) is 0 Å². The first-order valence-corrected chi connectivity index (χ1v) is 6.20. The summed E-state index contributed by atoms with van der Waals surface area (Å²) in [6.07, 6.45) is 4.32. The fourth-order valence-corrected chi connectivity index (χ4v) is 2.47. The van der Waals surface area contributed by atoms with Crippen molar-refractivity contribution in [3.8, 4) is 0 Å². The quantitative estimate of drug-likeness (QED) is 0.648. The molecule has 1 fully saturated rings. The molecule has 5 heteroatoms. The van der Waals surface area contributed by atoms with Gasteiger partial charge in [-0.05, 0) is 43.1 Å². The van der Waals surface area contributed by atoms with E-state index in [0.717, 1.165) is 24.4 Å². The van der Waals surface area contributed by atoms with Gasteiger partial charge in [-0.15, -0.1) is 0 Å². The molecule has 1 aliphatic rings. The fourth-order valence-electron chi connectivity index (χ4n) is 1.64. The zero-order chi connectivity index (χ0) is 10.7. The van der Waals surface area contributed by atoms with Gasteiger partial charge in [-0.1, -0.05) is 0 Å². The van der Waals surface area contributed by atoms with Crippen LogP contribution in [0.15, 0.2) is 0 Å². The summed E-state index contributed by atoms with van der Waals surface area (Å²) >= 11 is 1.45. The summed E-state index contributed by atoms with van der Waals surface area (Å²) in [6, 6.07) is 0. The van der Waals surface area contributed by atoms with Gasteiger partial charge in [-0.25, -0.2) is 0 Å². The van der Waals surface area contributed by atoms with E-state index < -0.39 is 0 Å². The molecule has 0 amide bonds. The number of nitrogens with one attached hydrogen (secondary N) is 1. The third-order valence-electron chi connectivity index (χ3n) is 2.61. The predicted molar refractivity (Wildman–Crippen MR) is 63.3 cm³/mol. The Labute approximate surface area is 93.7 Å². The second kappa shape index (κ2) is 4.81. The van der Waals surface area contributed by atoms with E-state index in [1.165, 1.54) is 29.9 Å². The minimum atomic E-state index is 0.266. The summed E-state index contributed by atoms with van der Waals surface area (Å²) in [4.78, 5) is 0. The van der Waals surface area contributed by atoms with Crippen LogP contribution in [0.2, 0.25) is 0 Å². The normalized spacial score (nSPS) is 15.5. The van der Waals surface area contributed by atoms with E-state index in [-0.39, 0.29) is 6.61 Å². The standard InChI is InChI=1S/C10H17N3OS/c11-9-8(7-3-4-7)10(15-13-9)12-5-1-2-6-14/h7,12,14H,1-6H2,(H2,11,13). The molecule has 0 spiro atoms. The summed E-state index contributed by atoms with van der Waals surface area (Å²) in [5, 5.41) is 13.2. The van der Waals surface area contributed by atoms with E-state index in [0.29, 0.717) is 11.7 Å². The molecule has 0 aliphatic heterocycles. The van der Waals surface area contributed by atoms with Crippen LogP contribution < -0.4 is 11.1 Å². The van der Waals surface area contributed by atoms with Crippen LogP contribution in [0.1, 0.15) is 37.2 Å². The van der Waals surface area contributed by atoms with E-state index in [2.05, 4.69) is 9.69 Å². The molecule has 2 rings (SSSR count). The molecule has 1 aliphatic carbocycles. The molecule has 0 atom stereocenters. The Balaban J connectivity index is 1.90. The van der Waals surface area contributed by atoms with Crippen molar-refractivity contribution in [1.82, 2.24) is 4.37 Å².